The average Bonchev–Trinajstić information content (AvgIpc) is 2.41. The van der Waals surface area contributed by atoms with Gasteiger partial charge >= 0.3 is 0 Å². The third-order valence-corrected chi connectivity index (χ3v) is 5.00. The summed E-state index contributed by atoms with van der Waals surface area (Å²) in [6, 6.07) is 0. The second-order valence-electron chi connectivity index (χ2n) is 5.71. The molecule has 1 heterocycles. The summed E-state index contributed by atoms with van der Waals surface area (Å²) in [7, 11) is 0.401. The van der Waals surface area contributed by atoms with Crippen molar-refractivity contribution >= 4 is 15.9 Å². The van der Waals surface area contributed by atoms with E-state index in [1.807, 2.05) is 19.0 Å². The Hall–Kier alpha value is -0.700. The molecule has 1 aliphatic heterocycles. The fourth-order valence-corrected chi connectivity index (χ4v) is 3.00. The van der Waals surface area contributed by atoms with Gasteiger partial charge in [-0.3, -0.25) is 4.79 Å². The van der Waals surface area contributed by atoms with Crippen LogP contribution in [0.1, 0.15) is 6.92 Å². The minimum Gasteiger partial charge on any atom is -0.339 e. The number of sulfonamides is 1. The number of hydrogen-bond acceptors (Lipinski definition) is 5. The summed E-state index contributed by atoms with van der Waals surface area (Å²) in [6.45, 7) is 7.05. The quantitative estimate of drug-likeness (QED) is 0.600. The van der Waals surface area contributed by atoms with E-state index in [4.69, 9.17) is 0 Å². The van der Waals surface area contributed by atoms with Gasteiger partial charge in [0.25, 0.3) is 0 Å². The number of likely N-dealkylation sites (N-methyl/N-ethyl adjacent to an activating group) is 2. The lowest BCUT2D eigenvalue weighted by Crippen LogP contribution is -2.52. The first-order valence-electron chi connectivity index (χ1n) is 7.34. The summed E-state index contributed by atoms with van der Waals surface area (Å²) in [6.07, 6.45) is 1.16. The predicted octanol–water partition coefficient (Wildman–Crippen LogP) is -1.03. The molecule has 0 radical (unpaired) electrons. The van der Waals surface area contributed by atoms with Crippen molar-refractivity contribution in [3.05, 3.63) is 0 Å². The van der Waals surface area contributed by atoms with Gasteiger partial charge in [-0.25, -0.2) is 8.42 Å². The Labute approximate surface area is 128 Å². The van der Waals surface area contributed by atoms with Crippen molar-refractivity contribution in [1.82, 2.24) is 19.0 Å². The molecular formula is C13H28N4O3S. The largest absolute Gasteiger partial charge is 0.339 e. The normalized spacial score (nSPS) is 17.7. The molecule has 0 saturated carbocycles. The van der Waals surface area contributed by atoms with Crippen molar-refractivity contribution in [1.29, 1.82) is 0 Å². The highest BCUT2D eigenvalue weighted by Gasteiger charge is 2.25. The maximum atomic E-state index is 12.3. The lowest BCUT2D eigenvalue weighted by atomic mass is 10.3. The van der Waals surface area contributed by atoms with Crippen LogP contribution < -0.4 is 0 Å². The molecular weight excluding hydrogens is 292 g/mol. The molecule has 0 N–H and O–H groups in total. The van der Waals surface area contributed by atoms with Crippen molar-refractivity contribution in [2.75, 3.05) is 72.7 Å². The maximum Gasteiger partial charge on any atom is 0.237 e. The van der Waals surface area contributed by atoms with E-state index in [0.717, 1.165) is 25.9 Å². The lowest BCUT2D eigenvalue weighted by molar-refractivity contribution is -0.133. The molecule has 0 aliphatic carbocycles. The molecule has 1 saturated heterocycles. The third-order valence-electron chi connectivity index (χ3n) is 3.75. The smallest absolute Gasteiger partial charge is 0.237 e. The number of piperazine rings is 1. The highest BCUT2D eigenvalue weighted by molar-refractivity contribution is 7.88. The molecule has 0 atom stereocenters. The monoisotopic (exact) mass is 320 g/mol. The van der Waals surface area contributed by atoms with Gasteiger partial charge in [-0.2, -0.15) is 4.31 Å². The Balaban J connectivity index is 2.56. The number of nitrogens with zero attached hydrogens (tertiary/aromatic N) is 4. The molecule has 0 bridgehead atoms. The van der Waals surface area contributed by atoms with Gasteiger partial charge in [-0.05, 0) is 20.6 Å². The van der Waals surface area contributed by atoms with Gasteiger partial charge in [0.15, 0.2) is 0 Å². The van der Waals surface area contributed by atoms with Crippen LogP contribution >= 0.6 is 0 Å². The standard InChI is InChI=1S/C13H28N4O3S/c1-5-15-7-9-16(10-8-15)13(18)12-17(21(4,19)20)11-6-14(2)3/h5-12H2,1-4H3. The van der Waals surface area contributed by atoms with Gasteiger partial charge in [-0.1, -0.05) is 6.92 Å². The first-order chi connectivity index (χ1) is 9.74. The molecule has 1 amide bonds. The fourth-order valence-electron chi connectivity index (χ4n) is 2.24. The SMILES string of the molecule is CCN1CCN(C(=O)CN(CCN(C)C)S(C)(=O)=O)CC1. The molecule has 0 aromatic heterocycles. The van der Waals surface area contributed by atoms with E-state index in [9.17, 15) is 13.2 Å². The topological polar surface area (TPSA) is 64.2 Å². The van der Waals surface area contributed by atoms with E-state index < -0.39 is 10.0 Å². The fraction of sp³-hybridized carbons (Fsp3) is 0.923. The summed E-state index contributed by atoms with van der Waals surface area (Å²) >= 11 is 0. The molecule has 7 nitrogen and oxygen atoms in total. The molecule has 0 spiro atoms. The van der Waals surface area contributed by atoms with Crippen molar-refractivity contribution in [2.45, 2.75) is 6.92 Å². The Bertz CT molecular complexity index is 431. The van der Waals surface area contributed by atoms with Gasteiger partial charge in [0.1, 0.15) is 0 Å². The van der Waals surface area contributed by atoms with E-state index in [0.29, 0.717) is 26.2 Å². The summed E-state index contributed by atoms with van der Waals surface area (Å²) in [5.74, 6) is -0.102. The van der Waals surface area contributed by atoms with Crippen LogP contribution in [0.2, 0.25) is 0 Å². The van der Waals surface area contributed by atoms with Crippen LogP contribution in [0.25, 0.3) is 0 Å². The van der Waals surface area contributed by atoms with Crippen LogP contribution in [-0.4, -0.2) is 106 Å². The molecule has 1 aliphatic rings. The maximum absolute atomic E-state index is 12.3. The third kappa shape index (κ3) is 6.29. The molecule has 21 heavy (non-hydrogen) atoms. The summed E-state index contributed by atoms with van der Waals surface area (Å²) in [5, 5.41) is 0. The molecule has 0 aromatic carbocycles. The molecule has 124 valence electrons. The Kier molecular flexibility index (Phi) is 7.05. The van der Waals surface area contributed by atoms with Crippen LogP contribution in [0, 0.1) is 0 Å². The number of hydrogen-bond donors (Lipinski definition) is 0. The van der Waals surface area contributed by atoms with Crippen molar-refractivity contribution in [3.63, 3.8) is 0 Å². The zero-order valence-corrected chi connectivity index (χ0v) is 14.4. The van der Waals surface area contributed by atoms with Crippen LogP contribution in [0.15, 0.2) is 0 Å². The van der Waals surface area contributed by atoms with Gasteiger partial charge < -0.3 is 14.7 Å². The zero-order valence-electron chi connectivity index (χ0n) is 13.6. The second kappa shape index (κ2) is 8.07. The Morgan fingerprint density at radius 3 is 2.10 bits per heavy atom. The van der Waals surface area contributed by atoms with Crippen molar-refractivity contribution < 1.29 is 13.2 Å². The van der Waals surface area contributed by atoms with E-state index in [1.54, 1.807) is 4.90 Å². The summed E-state index contributed by atoms with van der Waals surface area (Å²) < 4.78 is 24.8. The van der Waals surface area contributed by atoms with Gasteiger partial charge in [-0.15, -0.1) is 0 Å². The highest BCUT2D eigenvalue weighted by atomic mass is 32.2. The molecule has 1 fully saturated rings. The lowest BCUT2D eigenvalue weighted by Gasteiger charge is -2.35. The van der Waals surface area contributed by atoms with Gasteiger partial charge in [0.05, 0.1) is 12.8 Å². The van der Waals surface area contributed by atoms with Crippen molar-refractivity contribution in [2.24, 2.45) is 0 Å². The molecule has 8 heteroatoms. The molecule has 0 aromatic rings. The molecule has 1 rings (SSSR count). The Morgan fingerprint density at radius 1 is 1.10 bits per heavy atom. The number of carbonyl (C=O) groups is 1. The van der Waals surface area contributed by atoms with E-state index in [1.165, 1.54) is 4.31 Å². The minimum atomic E-state index is -3.36. The van der Waals surface area contributed by atoms with Crippen LogP contribution in [-0.2, 0) is 14.8 Å². The minimum absolute atomic E-state index is 0.0567. The Morgan fingerprint density at radius 2 is 1.67 bits per heavy atom. The van der Waals surface area contributed by atoms with Crippen LogP contribution in [0.5, 0.6) is 0 Å². The first kappa shape index (κ1) is 18.3. The predicted molar refractivity (Wildman–Crippen MR) is 83.7 cm³/mol. The van der Waals surface area contributed by atoms with Gasteiger partial charge in [0, 0.05) is 39.3 Å². The van der Waals surface area contributed by atoms with Crippen LogP contribution in [0.4, 0.5) is 0 Å². The van der Waals surface area contributed by atoms with E-state index in [2.05, 4.69) is 11.8 Å². The number of carbonyl (C=O) groups excluding carboxylic acids is 1. The first-order valence-corrected chi connectivity index (χ1v) is 9.19. The second-order valence-corrected chi connectivity index (χ2v) is 7.70. The molecule has 0 unspecified atom stereocenters. The summed E-state index contributed by atoms with van der Waals surface area (Å²) in [4.78, 5) is 18.2. The van der Waals surface area contributed by atoms with Crippen molar-refractivity contribution in [3.8, 4) is 0 Å². The number of amides is 1. The summed E-state index contributed by atoms with van der Waals surface area (Å²) in [5.41, 5.74) is 0. The number of rotatable bonds is 7. The average molecular weight is 320 g/mol. The van der Waals surface area contributed by atoms with E-state index >= 15 is 0 Å². The van der Waals surface area contributed by atoms with Crippen LogP contribution in [0.3, 0.4) is 0 Å². The zero-order chi connectivity index (χ0) is 16.0. The van der Waals surface area contributed by atoms with Gasteiger partial charge in [0.2, 0.25) is 15.9 Å². The van der Waals surface area contributed by atoms with E-state index in [-0.39, 0.29) is 12.5 Å². The highest BCUT2D eigenvalue weighted by Crippen LogP contribution is 2.05.